The van der Waals surface area contributed by atoms with Crippen LogP contribution >= 0.6 is 0 Å². The molecule has 1 aliphatic rings. The van der Waals surface area contributed by atoms with Crippen LogP contribution in [0.25, 0.3) is 27.5 Å². The molecular weight excluding hydrogens is 393 g/mol. The van der Waals surface area contributed by atoms with E-state index in [0.29, 0.717) is 0 Å². The van der Waals surface area contributed by atoms with E-state index in [2.05, 4.69) is 120 Å². The van der Waals surface area contributed by atoms with Crippen molar-refractivity contribution in [1.82, 2.24) is 4.57 Å². The molecular formula is C28H32BNO2. The summed E-state index contributed by atoms with van der Waals surface area (Å²) in [6.07, 6.45) is 0. The minimum absolute atomic E-state index is 0.0360. The molecule has 0 amide bonds. The Hall–Kier alpha value is -2.56. The van der Waals surface area contributed by atoms with Crippen molar-refractivity contribution in [2.75, 3.05) is 0 Å². The van der Waals surface area contributed by atoms with Crippen LogP contribution < -0.4 is 5.46 Å². The molecule has 0 bridgehead atoms. The van der Waals surface area contributed by atoms with E-state index < -0.39 is 0 Å². The summed E-state index contributed by atoms with van der Waals surface area (Å²) >= 11 is 0. The number of benzene rings is 3. The van der Waals surface area contributed by atoms with Gasteiger partial charge in [-0.05, 0) is 62.3 Å². The van der Waals surface area contributed by atoms with Gasteiger partial charge in [0.05, 0.1) is 22.2 Å². The summed E-state index contributed by atoms with van der Waals surface area (Å²) in [6, 6.07) is 24.0. The molecule has 0 aliphatic carbocycles. The van der Waals surface area contributed by atoms with Crippen molar-refractivity contribution in [3.8, 4) is 5.69 Å². The van der Waals surface area contributed by atoms with Gasteiger partial charge in [-0.3, -0.25) is 0 Å². The third-order valence-electron chi connectivity index (χ3n) is 7.18. The molecule has 32 heavy (non-hydrogen) atoms. The van der Waals surface area contributed by atoms with Crippen molar-refractivity contribution < 1.29 is 9.31 Å². The zero-order valence-electron chi connectivity index (χ0n) is 20.2. The van der Waals surface area contributed by atoms with Crippen LogP contribution in [0.2, 0.25) is 0 Å². The van der Waals surface area contributed by atoms with Gasteiger partial charge in [-0.15, -0.1) is 0 Å². The second-order valence-corrected chi connectivity index (χ2v) is 11.0. The van der Waals surface area contributed by atoms with Gasteiger partial charge >= 0.3 is 7.12 Å². The molecule has 3 aromatic carbocycles. The van der Waals surface area contributed by atoms with Crippen LogP contribution in [0.5, 0.6) is 0 Å². The predicted octanol–water partition coefficient (Wildman–Crippen LogP) is 6.38. The summed E-state index contributed by atoms with van der Waals surface area (Å²) in [7, 11) is -0.350. The number of nitrogens with zero attached hydrogens (tertiary/aromatic N) is 1. The van der Waals surface area contributed by atoms with Crippen LogP contribution in [0, 0.1) is 0 Å². The van der Waals surface area contributed by atoms with Crippen molar-refractivity contribution in [1.29, 1.82) is 0 Å². The molecule has 0 spiro atoms. The normalized spacial score (nSPS) is 18.0. The lowest BCUT2D eigenvalue weighted by Gasteiger charge is -2.32. The Bertz CT molecular complexity index is 1290. The molecule has 5 rings (SSSR count). The Kier molecular flexibility index (Phi) is 4.64. The average Bonchev–Trinajstić information content (AvgIpc) is 3.17. The molecule has 0 radical (unpaired) electrons. The quantitative estimate of drug-likeness (QED) is 0.348. The lowest BCUT2D eigenvalue weighted by atomic mass is 9.79. The van der Waals surface area contributed by atoms with Gasteiger partial charge < -0.3 is 13.9 Å². The maximum Gasteiger partial charge on any atom is 0.494 e. The fraction of sp³-hybridized carbons (Fsp3) is 0.357. The SMILES string of the molecule is CC(C)(C)c1cccc2c3ccccc3n(-c3ccc(B4OC(C)(C)C(C)(C)O4)cc3)c12. The van der Waals surface area contributed by atoms with Crippen molar-refractivity contribution in [2.24, 2.45) is 0 Å². The molecule has 3 nitrogen and oxygen atoms in total. The Balaban J connectivity index is 1.67. The number of aromatic nitrogens is 1. The Morgan fingerprint density at radius 2 is 1.31 bits per heavy atom. The molecule has 1 fully saturated rings. The summed E-state index contributed by atoms with van der Waals surface area (Å²) in [5, 5.41) is 2.58. The number of hydrogen-bond donors (Lipinski definition) is 0. The van der Waals surface area contributed by atoms with Crippen LogP contribution in [0.1, 0.15) is 54.0 Å². The zero-order chi connectivity index (χ0) is 22.9. The molecule has 0 saturated carbocycles. The summed E-state index contributed by atoms with van der Waals surface area (Å²) in [5.41, 5.74) is 5.40. The standard InChI is InChI=1S/C28H32BNO2/c1-26(2,3)23-13-10-12-22-21-11-8-9-14-24(21)30(25(22)23)20-17-15-19(16-18-20)29-31-27(4,5)28(6,7)32-29/h8-18H,1-7H3. The van der Waals surface area contributed by atoms with Crippen LogP contribution in [0.4, 0.5) is 0 Å². The molecule has 1 aromatic heterocycles. The van der Waals surface area contributed by atoms with Gasteiger partial charge in [0, 0.05) is 16.5 Å². The van der Waals surface area contributed by atoms with E-state index in [9.17, 15) is 0 Å². The third kappa shape index (κ3) is 3.20. The summed E-state index contributed by atoms with van der Waals surface area (Å²) in [6.45, 7) is 15.2. The van der Waals surface area contributed by atoms with Crippen molar-refractivity contribution in [3.05, 3.63) is 72.3 Å². The minimum Gasteiger partial charge on any atom is -0.399 e. The minimum atomic E-state index is -0.350. The van der Waals surface area contributed by atoms with Gasteiger partial charge in [-0.1, -0.05) is 69.3 Å². The van der Waals surface area contributed by atoms with Gasteiger partial charge in [0.15, 0.2) is 0 Å². The number of para-hydroxylation sites is 2. The van der Waals surface area contributed by atoms with E-state index in [1.165, 1.54) is 27.4 Å². The van der Waals surface area contributed by atoms with Crippen molar-refractivity contribution in [3.63, 3.8) is 0 Å². The molecule has 2 heterocycles. The lowest BCUT2D eigenvalue weighted by molar-refractivity contribution is 0.00578. The fourth-order valence-electron chi connectivity index (χ4n) is 4.65. The third-order valence-corrected chi connectivity index (χ3v) is 7.18. The van der Waals surface area contributed by atoms with E-state index in [4.69, 9.17) is 9.31 Å². The van der Waals surface area contributed by atoms with Gasteiger partial charge in [0.25, 0.3) is 0 Å². The highest BCUT2D eigenvalue weighted by molar-refractivity contribution is 6.62. The molecule has 1 aliphatic heterocycles. The summed E-state index contributed by atoms with van der Waals surface area (Å²) < 4.78 is 14.9. The second-order valence-electron chi connectivity index (χ2n) is 11.0. The summed E-state index contributed by atoms with van der Waals surface area (Å²) in [5.74, 6) is 0. The zero-order valence-corrected chi connectivity index (χ0v) is 20.2. The molecule has 1 saturated heterocycles. The Morgan fingerprint density at radius 3 is 1.94 bits per heavy atom. The fourth-order valence-corrected chi connectivity index (χ4v) is 4.65. The van der Waals surface area contributed by atoms with Crippen LogP contribution in [-0.2, 0) is 14.7 Å². The maximum atomic E-state index is 6.26. The van der Waals surface area contributed by atoms with E-state index in [1.54, 1.807) is 0 Å². The first kappa shape index (κ1) is 21.3. The first-order chi connectivity index (χ1) is 15.0. The largest absolute Gasteiger partial charge is 0.494 e. The van der Waals surface area contributed by atoms with Crippen LogP contribution in [0.15, 0.2) is 66.7 Å². The highest BCUT2D eigenvalue weighted by Crippen LogP contribution is 2.39. The van der Waals surface area contributed by atoms with Crippen LogP contribution in [-0.4, -0.2) is 22.9 Å². The monoisotopic (exact) mass is 425 g/mol. The van der Waals surface area contributed by atoms with Crippen molar-refractivity contribution >= 4 is 34.4 Å². The average molecular weight is 425 g/mol. The number of rotatable bonds is 2. The highest BCUT2D eigenvalue weighted by atomic mass is 16.7. The topological polar surface area (TPSA) is 23.4 Å². The molecule has 4 heteroatoms. The van der Waals surface area contributed by atoms with Gasteiger partial charge in [-0.25, -0.2) is 0 Å². The van der Waals surface area contributed by atoms with E-state index in [-0.39, 0.29) is 23.7 Å². The molecule has 4 aromatic rings. The van der Waals surface area contributed by atoms with Gasteiger partial charge in [0.1, 0.15) is 0 Å². The van der Waals surface area contributed by atoms with E-state index in [1.807, 2.05) is 0 Å². The second kappa shape index (κ2) is 6.97. The van der Waals surface area contributed by atoms with Crippen molar-refractivity contribution in [2.45, 2.75) is 65.1 Å². The highest BCUT2D eigenvalue weighted by Gasteiger charge is 2.51. The van der Waals surface area contributed by atoms with E-state index >= 15 is 0 Å². The van der Waals surface area contributed by atoms with E-state index in [0.717, 1.165) is 11.2 Å². The summed E-state index contributed by atoms with van der Waals surface area (Å²) in [4.78, 5) is 0. The number of hydrogen-bond acceptors (Lipinski definition) is 2. The molecule has 0 unspecified atom stereocenters. The first-order valence-corrected chi connectivity index (χ1v) is 11.5. The lowest BCUT2D eigenvalue weighted by Crippen LogP contribution is -2.41. The van der Waals surface area contributed by atoms with Gasteiger partial charge in [-0.2, -0.15) is 0 Å². The first-order valence-electron chi connectivity index (χ1n) is 11.5. The number of fused-ring (bicyclic) bond motifs is 3. The molecule has 0 N–H and O–H groups in total. The molecule has 0 atom stereocenters. The molecule has 164 valence electrons. The smallest absolute Gasteiger partial charge is 0.399 e. The Morgan fingerprint density at radius 1 is 0.719 bits per heavy atom. The Labute approximate surface area is 191 Å². The van der Waals surface area contributed by atoms with Gasteiger partial charge in [0.2, 0.25) is 0 Å². The maximum absolute atomic E-state index is 6.26. The van der Waals surface area contributed by atoms with Crippen LogP contribution in [0.3, 0.4) is 0 Å². The predicted molar refractivity (Wildman–Crippen MR) is 135 cm³/mol.